The first kappa shape index (κ1) is 27.0. The zero-order valence-electron chi connectivity index (χ0n) is 26.0. The van der Waals surface area contributed by atoms with E-state index in [2.05, 4.69) is 133 Å². The van der Waals surface area contributed by atoms with Crippen LogP contribution in [-0.2, 0) is 6.42 Å². The number of hydrogen-bond acceptors (Lipinski definition) is 4. The molecule has 6 aromatic carbocycles. The Balaban J connectivity index is 1.24. The molecule has 0 radical (unpaired) electrons. The summed E-state index contributed by atoms with van der Waals surface area (Å²) < 4.78 is 0. The van der Waals surface area contributed by atoms with Crippen molar-refractivity contribution in [2.24, 2.45) is 9.98 Å². The van der Waals surface area contributed by atoms with Crippen molar-refractivity contribution >= 4 is 83.5 Å². The Labute approximate surface area is 286 Å². The number of benzene rings is 6. The van der Waals surface area contributed by atoms with Crippen molar-refractivity contribution in [3.05, 3.63) is 171 Å². The standard InChI is InChI=1S/C44H28N2S2/c1-9-19-33-25(11-1)26-12-2-10-20-34(26)44-42-24-38-30-16-6-4-14-28(30)36(46-38)22-40-32-18-8-7-17-31(32)39(47-40)21-35-27-13-3-5-15-29(27)37(45-35)23-41(48-42)43(33)44/h1-21,24,37,40H,22-23H2/b38-24?,39-21-. The molecule has 8 bridgehead atoms. The van der Waals surface area contributed by atoms with E-state index >= 15 is 0 Å². The van der Waals surface area contributed by atoms with E-state index in [0.29, 0.717) is 5.25 Å². The predicted octanol–water partition coefficient (Wildman–Crippen LogP) is 11.8. The maximum absolute atomic E-state index is 5.53. The van der Waals surface area contributed by atoms with Crippen LogP contribution in [-0.4, -0.2) is 11.4 Å². The monoisotopic (exact) mass is 648 g/mol. The van der Waals surface area contributed by atoms with Gasteiger partial charge in [-0.15, -0.1) is 23.1 Å². The van der Waals surface area contributed by atoms with Crippen molar-refractivity contribution in [1.82, 2.24) is 0 Å². The normalized spacial score (nSPS) is 20.2. The molecule has 2 unspecified atom stereocenters. The molecule has 5 heterocycles. The lowest BCUT2D eigenvalue weighted by Crippen LogP contribution is -2.03. The first-order valence-electron chi connectivity index (χ1n) is 16.7. The third kappa shape index (κ3) is 3.87. The first-order valence-corrected chi connectivity index (χ1v) is 18.4. The fourth-order valence-electron chi connectivity index (χ4n) is 8.40. The highest BCUT2D eigenvalue weighted by Crippen LogP contribution is 2.54. The molecule has 2 atom stereocenters. The summed E-state index contributed by atoms with van der Waals surface area (Å²) in [5.74, 6) is 0. The molecule has 4 aliphatic heterocycles. The Bertz CT molecular complexity index is 2670. The highest BCUT2D eigenvalue weighted by molar-refractivity contribution is 8.09. The Morgan fingerprint density at radius 1 is 0.542 bits per heavy atom. The van der Waals surface area contributed by atoms with Gasteiger partial charge in [0, 0.05) is 60.2 Å². The van der Waals surface area contributed by atoms with Crippen molar-refractivity contribution in [3.8, 4) is 0 Å². The molecule has 4 aliphatic rings. The smallest absolute Gasteiger partial charge is 0.0811 e. The first-order chi connectivity index (χ1) is 23.8. The van der Waals surface area contributed by atoms with E-state index in [9.17, 15) is 0 Å². The van der Waals surface area contributed by atoms with Gasteiger partial charge in [0.2, 0.25) is 0 Å². The van der Waals surface area contributed by atoms with Gasteiger partial charge in [-0.1, -0.05) is 121 Å². The maximum atomic E-state index is 5.53. The number of rotatable bonds is 0. The quantitative estimate of drug-likeness (QED) is 0.150. The van der Waals surface area contributed by atoms with Gasteiger partial charge in [-0.05, 0) is 50.4 Å². The SMILES string of the molecule is C1=C2N=C(CC3S/C(=C\C4=NC(Cc5sc1c1c6ccccc6c6ccccc6c51)c1ccccc14)c1ccccc13)c1ccccc12. The Hall–Kier alpha value is -5.03. The number of nitrogens with zero attached hydrogens (tertiary/aromatic N) is 2. The highest BCUT2D eigenvalue weighted by atomic mass is 32.2. The molecule has 4 heteroatoms. The summed E-state index contributed by atoms with van der Waals surface area (Å²) in [5.41, 5.74) is 11.1. The van der Waals surface area contributed by atoms with E-state index in [-0.39, 0.29) is 6.04 Å². The van der Waals surface area contributed by atoms with Crippen LogP contribution in [0, 0.1) is 0 Å². The number of thioether (sulfide) groups is 1. The van der Waals surface area contributed by atoms with Crippen molar-refractivity contribution in [2.45, 2.75) is 24.1 Å². The van der Waals surface area contributed by atoms with Crippen LogP contribution >= 0.6 is 23.1 Å². The molecular weight excluding hydrogens is 621 g/mol. The van der Waals surface area contributed by atoms with Gasteiger partial charge in [0.15, 0.2) is 0 Å². The summed E-state index contributed by atoms with van der Waals surface area (Å²) >= 11 is 3.90. The molecule has 0 saturated carbocycles. The van der Waals surface area contributed by atoms with Gasteiger partial charge in [-0.25, -0.2) is 0 Å². The van der Waals surface area contributed by atoms with Gasteiger partial charge in [0.25, 0.3) is 0 Å². The van der Waals surface area contributed by atoms with Gasteiger partial charge in [-0.2, -0.15) is 0 Å². The summed E-state index contributed by atoms with van der Waals surface area (Å²) in [6, 6.07) is 44.6. The molecular formula is C44H28N2S2. The molecule has 0 aliphatic carbocycles. The molecule has 0 fully saturated rings. The van der Waals surface area contributed by atoms with Gasteiger partial charge in [0.05, 0.1) is 23.2 Å². The van der Waals surface area contributed by atoms with Crippen LogP contribution in [0.25, 0.3) is 49.0 Å². The van der Waals surface area contributed by atoms with Crippen LogP contribution in [0.1, 0.15) is 60.8 Å². The largest absolute Gasteiger partial charge is 0.276 e. The van der Waals surface area contributed by atoms with Crippen LogP contribution in [0.5, 0.6) is 0 Å². The number of fused-ring (bicyclic) bond motifs is 23. The molecule has 0 saturated heterocycles. The molecule has 7 aromatic rings. The van der Waals surface area contributed by atoms with Crippen molar-refractivity contribution in [1.29, 1.82) is 0 Å². The number of aliphatic imine (C=N–C) groups is 2. The van der Waals surface area contributed by atoms with Gasteiger partial charge in [-0.3, -0.25) is 9.98 Å². The van der Waals surface area contributed by atoms with Crippen LogP contribution in [0.15, 0.2) is 137 Å². The topological polar surface area (TPSA) is 24.7 Å². The lowest BCUT2D eigenvalue weighted by atomic mass is 9.92. The van der Waals surface area contributed by atoms with Crippen molar-refractivity contribution in [3.63, 3.8) is 0 Å². The Morgan fingerprint density at radius 2 is 1.17 bits per heavy atom. The third-order valence-electron chi connectivity index (χ3n) is 10.5. The minimum absolute atomic E-state index is 0.0582. The van der Waals surface area contributed by atoms with E-state index in [1.54, 1.807) is 0 Å². The summed E-state index contributed by atoms with van der Waals surface area (Å²) in [7, 11) is 0. The summed E-state index contributed by atoms with van der Waals surface area (Å²) in [5, 5.41) is 8.23. The van der Waals surface area contributed by atoms with Crippen molar-refractivity contribution in [2.75, 3.05) is 0 Å². The van der Waals surface area contributed by atoms with E-state index in [1.165, 1.54) is 86.1 Å². The second-order valence-electron chi connectivity index (χ2n) is 13.1. The van der Waals surface area contributed by atoms with Gasteiger partial charge >= 0.3 is 0 Å². The van der Waals surface area contributed by atoms with Crippen LogP contribution in [0.4, 0.5) is 0 Å². The summed E-state index contributed by atoms with van der Waals surface area (Å²) in [6.07, 6.45) is 6.48. The highest BCUT2D eigenvalue weighted by Gasteiger charge is 2.33. The molecule has 0 N–H and O–H groups in total. The maximum Gasteiger partial charge on any atom is 0.0811 e. The van der Waals surface area contributed by atoms with E-state index in [1.807, 2.05) is 23.1 Å². The molecule has 2 nitrogen and oxygen atoms in total. The second-order valence-corrected chi connectivity index (χ2v) is 15.5. The predicted molar refractivity (Wildman–Crippen MR) is 206 cm³/mol. The lowest BCUT2D eigenvalue weighted by Gasteiger charge is -2.11. The Kier molecular flexibility index (Phi) is 5.75. The zero-order valence-corrected chi connectivity index (χ0v) is 27.6. The van der Waals surface area contributed by atoms with E-state index < -0.39 is 0 Å². The fourth-order valence-corrected chi connectivity index (χ4v) is 11.1. The number of hydrogen-bond donors (Lipinski definition) is 0. The molecule has 11 rings (SSSR count). The van der Waals surface area contributed by atoms with Crippen LogP contribution in [0.3, 0.4) is 0 Å². The van der Waals surface area contributed by atoms with Crippen molar-refractivity contribution < 1.29 is 0 Å². The van der Waals surface area contributed by atoms with Crippen LogP contribution in [0.2, 0.25) is 0 Å². The average Bonchev–Trinajstić information content (AvgIpc) is 3.87. The van der Waals surface area contributed by atoms with E-state index in [0.717, 1.165) is 24.3 Å². The molecule has 1 aromatic heterocycles. The molecule has 0 spiro atoms. The fraction of sp³-hybridized carbons (Fsp3) is 0.0909. The molecule has 226 valence electrons. The van der Waals surface area contributed by atoms with Crippen LogP contribution < -0.4 is 0 Å². The summed E-state index contributed by atoms with van der Waals surface area (Å²) in [4.78, 5) is 15.0. The van der Waals surface area contributed by atoms with E-state index in [4.69, 9.17) is 9.98 Å². The zero-order chi connectivity index (χ0) is 31.3. The average molecular weight is 649 g/mol. The number of thiophene rings is 1. The minimum atomic E-state index is 0.0582. The molecule has 48 heavy (non-hydrogen) atoms. The van der Waals surface area contributed by atoms with Gasteiger partial charge in [0.1, 0.15) is 0 Å². The van der Waals surface area contributed by atoms with Gasteiger partial charge < -0.3 is 0 Å². The Morgan fingerprint density at radius 3 is 1.96 bits per heavy atom. The third-order valence-corrected chi connectivity index (χ3v) is 12.9. The minimum Gasteiger partial charge on any atom is -0.276 e. The summed E-state index contributed by atoms with van der Waals surface area (Å²) in [6.45, 7) is 0. The second kappa shape index (κ2) is 10.2. The number of allylic oxidation sites excluding steroid dienone is 1. The lowest BCUT2D eigenvalue weighted by molar-refractivity contribution is 0.753. The molecule has 0 amide bonds.